The topological polar surface area (TPSA) is 78.5 Å². The van der Waals surface area contributed by atoms with Crippen molar-refractivity contribution in [2.45, 2.75) is 13.0 Å². The average Bonchev–Trinajstić information content (AvgIpc) is 3.22. The van der Waals surface area contributed by atoms with Crippen LogP contribution in [-0.4, -0.2) is 24.3 Å². The summed E-state index contributed by atoms with van der Waals surface area (Å²) in [5.41, 5.74) is 2.18. The highest BCUT2D eigenvalue weighted by Crippen LogP contribution is 2.36. The van der Waals surface area contributed by atoms with Crippen LogP contribution in [0.3, 0.4) is 0 Å². The Kier molecular flexibility index (Phi) is 6.96. The fraction of sp³-hybridized carbons (Fsp3) is 0.160. The summed E-state index contributed by atoms with van der Waals surface area (Å²) in [5, 5.41) is 6.29. The second kappa shape index (κ2) is 10.1. The van der Waals surface area contributed by atoms with Crippen molar-refractivity contribution >= 4 is 52.3 Å². The summed E-state index contributed by atoms with van der Waals surface area (Å²) in [4.78, 5) is 39.8. The summed E-state index contributed by atoms with van der Waals surface area (Å²) in [6.07, 6.45) is 0.0387. The number of hydrogen-bond donors (Lipinski definition) is 2. The van der Waals surface area contributed by atoms with E-state index >= 15 is 0 Å². The van der Waals surface area contributed by atoms with Gasteiger partial charge in [-0.3, -0.25) is 14.4 Å². The minimum Gasteiger partial charge on any atom is -0.348 e. The van der Waals surface area contributed by atoms with Crippen LogP contribution >= 0.6 is 23.2 Å². The van der Waals surface area contributed by atoms with Crippen molar-refractivity contribution in [2.24, 2.45) is 5.92 Å². The van der Waals surface area contributed by atoms with Gasteiger partial charge in [0.15, 0.2) is 0 Å². The molecule has 3 aromatic carbocycles. The second-order valence-corrected chi connectivity index (χ2v) is 8.47. The minimum atomic E-state index is -0.590. The zero-order valence-electron chi connectivity index (χ0n) is 17.6. The van der Waals surface area contributed by atoms with Gasteiger partial charge < -0.3 is 15.5 Å². The van der Waals surface area contributed by atoms with Crippen LogP contribution in [0.4, 0.5) is 11.4 Å². The molecule has 0 saturated carbocycles. The zero-order valence-corrected chi connectivity index (χ0v) is 19.1. The first-order valence-corrected chi connectivity index (χ1v) is 11.2. The molecular weight excluding hydrogens is 461 g/mol. The molecule has 0 unspecified atom stereocenters. The van der Waals surface area contributed by atoms with Gasteiger partial charge in [-0.15, -0.1) is 0 Å². The Labute approximate surface area is 201 Å². The van der Waals surface area contributed by atoms with Gasteiger partial charge in [0.2, 0.25) is 11.8 Å². The van der Waals surface area contributed by atoms with E-state index in [2.05, 4.69) is 10.6 Å². The molecule has 1 fully saturated rings. The van der Waals surface area contributed by atoms with E-state index in [0.29, 0.717) is 28.5 Å². The van der Waals surface area contributed by atoms with Crippen molar-refractivity contribution in [3.05, 3.63) is 94.0 Å². The molecule has 168 valence electrons. The number of nitrogens with zero attached hydrogens (tertiary/aromatic N) is 1. The minimum absolute atomic E-state index is 0.0387. The van der Waals surface area contributed by atoms with Gasteiger partial charge >= 0.3 is 0 Å². The summed E-state index contributed by atoms with van der Waals surface area (Å²) in [6.45, 7) is 0.543. The number of amides is 3. The van der Waals surface area contributed by atoms with Crippen LogP contribution in [0.15, 0.2) is 72.8 Å². The van der Waals surface area contributed by atoms with Gasteiger partial charge in [-0.1, -0.05) is 71.7 Å². The molecule has 1 aliphatic heterocycles. The van der Waals surface area contributed by atoms with Crippen LogP contribution in [0.25, 0.3) is 0 Å². The van der Waals surface area contributed by atoms with E-state index in [4.69, 9.17) is 23.2 Å². The largest absolute Gasteiger partial charge is 0.348 e. The number of anilines is 2. The summed E-state index contributed by atoms with van der Waals surface area (Å²) in [5.74, 6) is -1.45. The van der Waals surface area contributed by atoms with E-state index in [1.54, 1.807) is 42.5 Å². The maximum absolute atomic E-state index is 13.0. The van der Waals surface area contributed by atoms with Crippen LogP contribution in [-0.2, 0) is 16.1 Å². The van der Waals surface area contributed by atoms with Crippen LogP contribution in [0.1, 0.15) is 22.3 Å². The third-order valence-electron chi connectivity index (χ3n) is 5.44. The van der Waals surface area contributed by atoms with Crippen molar-refractivity contribution in [3.63, 3.8) is 0 Å². The van der Waals surface area contributed by atoms with Crippen molar-refractivity contribution < 1.29 is 14.4 Å². The Bertz CT molecular complexity index is 1200. The predicted octanol–water partition coefficient (Wildman–Crippen LogP) is 4.92. The van der Waals surface area contributed by atoms with Gasteiger partial charge in [-0.05, 0) is 29.8 Å². The van der Waals surface area contributed by atoms with Crippen LogP contribution in [0.2, 0.25) is 10.0 Å². The quantitative estimate of drug-likeness (QED) is 0.524. The molecule has 3 aromatic rings. The Morgan fingerprint density at radius 2 is 1.67 bits per heavy atom. The van der Waals surface area contributed by atoms with Gasteiger partial charge in [0.25, 0.3) is 5.91 Å². The molecule has 1 saturated heterocycles. The highest BCUT2D eigenvalue weighted by atomic mass is 35.5. The van der Waals surface area contributed by atoms with Gasteiger partial charge in [0.05, 0.1) is 32.9 Å². The molecule has 8 heteroatoms. The first kappa shape index (κ1) is 22.8. The number of carbonyl (C=O) groups excluding carboxylic acids is 3. The van der Waals surface area contributed by atoms with Gasteiger partial charge in [0.1, 0.15) is 0 Å². The zero-order chi connectivity index (χ0) is 23.4. The number of benzene rings is 3. The van der Waals surface area contributed by atoms with E-state index in [9.17, 15) is 14.4 Å². The maximum atomic E-state index is 13.0. The van der Waals surface area contributed by atoms with Crippen molar-refractivity contribution in [3.8, 4) is 0 Å². The molecule has 6 nitrogen and oxygen atoms in total. The van der Waals surface area contributed by atoms with E-state index < -0.39 is 5.92 Å². The first-order chi connectivity index (χ1) is 15.9. The summed E-state index contributed by atoms with van der Waals surface area (Å²) in [7, 11) is 0. The molecule has 1 aliphatic rings. The first-order valence-electron chi connectivity index (χ1n) is 10.4. The van der Waals surface area contributed by atoms with Crippen LogP contribution < -0.4 is 15.5 Å². The average molecular weight is 482 g/mol. The fourth-order valence-electron chi connectivity index (χ4n) is 3.72. The number of halogens is 2. The normalized spacial score (nSPS) is 15.4. The predicted molar refractivity (Wildman–Crippen MR) is 130 cm³/mol. The molecule has 0 aliphatic carbocycles. The summed E-state index contributed by atoms with van der Waals surface area (Å²) in [6, 6.07) is 21.4. The highest BCUT2D eigenvalue weighted by molar-refractivity contribution is 6.44. The Balaban J connectivity index is 1.44. The lowest BCUT2D eigenvalue weighted by Gasteiger charge is -2.19. The third-order valence-corrected chi connectivity index (χ3v) is 6.25. The van der Waals surface area contributed by atoms with E-state index in [-0.39, 0.29) is 35.7 Å². The van der Waals surface area contributed by atoms with E-state index in [1.165, 1.54) is 4.90 Å². The molecule has 0 spiro atoms. The Hall–Kier alpha value is -3.35. The number of para-hydroxylation sites is 1. The highest BCUT2D eigenvalue weighted by Gasteiger charge is 2.36. The maximum Gasteiger partial charge on any atom is 0.253 e. The van der Waals surface area contributed by atoms with Crippen molar-refractivity contribution in [1.82, 2.24) is 5.32 Å². The Morgan fingerprint density at radius 3 is 2.45 bits per heavy atom. The smallest absolute Gasteiger partial charge is 0.253 e. The summed E-state index contributed by atoms with van der Waals surface area (Å²) < 4.78 is 0. The fourth-order valence-corrected chi connectivity index (χ4v) is 4.11. The lowest BCUT2D eigenvalue weighted by molar-refractivity contribution is -0.122. The lowest BCUT2D eigenvalue weighted by Crippen LogP contribution is -2.29. The molecule has 0 bridgehead atoms. The molecule has 33 heavy (non-hydrogen) atoms. The van der Waals surface area contributed by atoms with Crippen molar-refractivity contribution in [2.75, 3.05) is 16.8 Å². The third kappa shape index (κ3) is 5.18. The number of nitrogens with one attached hydrogen (secondary N) is 2. The molecule has 3 amide bonds. The molecular formula is C25H21Cl2N3O3. The van der Waals surface area contributed by atoms with E-state index in [0.717, 1.165) is 5.56 Å². The molecule has 0 radical (unpaired) electrons. The second-order valence-electron chi connectivity index (χ2n) is 7.68. The Morgan fingerprint density at radius 1 is 0.939 bits per heavy atom. The molecule has 4 rings (SSSR count). The SMILES string of the molecule is O=C(NCc1ccccc1)c1ccccc1NC(=O)[C@@H]1CC(=O)N(c2cccc(Cl)c2Cl)C1. The molecule has 2 N–H and O–H groups in total. The number of hydrogen-bond acceptors (Lipinski definition) is 3. The van der Waals surface area contributed by atoms with Crippen LogP contribution in [0.5, 0.6) is 0 Å². The number of carbonyl (C=O) groups is 3. The van der Waals surface area contributed by atoms with Crippen molar-refractivity contribution in [1.29, 1.82) is 0 Å². The van der Waals surface area contributed by atoms with E-state index in [1.807, 2.05) is 30.3 Å². The molecule has 1 heterocycles. The van der Waals surface area contributed by atoms with Crippen LogP contribution in [0, 0.1) is 5.92 Å². The summed E-state index contributed by atoms with van der Waals surface area (Å²) >= 11 is 12.3. The van der Waals surface area contributed by atoms with Gasteiger partial charge in [-0.2, -0.15) is 0 Å². The molecule has 0 aromatic heterocycles. The molecule has 1 atom stereocenters. The van der Waals surface area contributed by atoms with Gasteiger partial charge in [-0.25, -0.2) is 0 Å². The standard InChI is InChI=1S/C25H21Cl2N3O3/c26-19-10-6-12-21(23(19)27)30-15-17(13-22(30)31)24(32)29-20-11-5-4-9-18(20)25(33)28-14-16-7-2-1-3-8-16/h1-12,17H,13-15H2,(H,28,33)(H,29,32)/t17-/m1/s1. The van der Waals surface area contributed by atoms with Gasteiger partial charge in [0, 0.05) is 19.5 Å². The lowest BCUT2D eigenvalue weighted by atomic mass is 10.1. The monoisotopic (exact) mass is 481 g/mol. The number of rotatable bonds is 6.